The number of carbonyl (C=O) groups is 4. The van der Waals surface area contributed by atoms with Gasteiger partial charge in [-0.2, -0.15) is 5.21 Å². The van der Waals surface area contributed by atoms with Gasteiger partial charge in [-0.1, -0.05) is 6.07 Å². The highest BCUT2D eigenvalue weighted by atomic mass is 16.5. The second kappa shape index (κ2) is 6.75. The zero-order valence-corrected chi connectivity index (χ0v) is 15.2. The van der Waals surface area contributed by atoms with E-state index >= 15 is 0 Å². The molecule has 144 valence electrons. The minimum absolute atomic E-state index is 0.0816. The Morgan fingerprint density at radius 2 is 1.45 bits per heavy atom. The number of nitrogens with zero attached hydrogens (tertiary/aromatic N) is 3. The number of benzene rings is 2. The fraction of sp³-hybridized carbons (Fsp3) is 0.105. The number of tetrazole rings is 1. The number of ketones is 2. The van der Waals surface area contributed by atoms with E-state index in [4.69, 9.17) is 9.47 Å². The van der Waals surface area contributed by atoms with Gasteiger partial charge in [0.25, 0.3) is 0 Å². The first-order valence-electron chi connectivity index (χ1n) is 8.38. The summed E-state index contributed by atoms with van der Waals surface area (Å²) >= 11 is 0. The van der Waals surface area contributed by atoms with Crippen LogP contribution in [0.25, 0.3) is 11.4 Å². The third kappa shape index (κ3) is 3.06. The number of carbonyl (C=O) groups excluding carboxylic acids is 4. The van der Waals surface area contributed by atoms with Gasteiger partial charge in [-0.05, 0) is 29.5 Å². The molecule has 0 amide bonds. The molecule has 0 spiro atoms. The number of ether oxygens (including phenoxy) is 2. The maximum absolute atomic E-state index is 13.3. The van der Waals surface area contributed by atoms with E-state index in [1.165, 1.54) is 38.1 Å². The van der Waals surface area contributed by atoms with Crippen molar-refractivity contribution < 1.29 is 28.7 Å². The average molecular weight is 392 g/mol. The molecule has 0 bridgehead atoms. The minimum atomic E-state index is -0.668. The maximum Gasteiger partial charge on any atom is 0.308 e. The summed E-state index contributed by atoms with van der Waals surface area (Å²) in [6.07, 6.45) is 0. The van der Waals surface area contributed by atoms with Crippen LogP contribution in [-0.2, 0) is 9.59 Å². The van der Waals surface area contributed by atoms with E-state index in [1.807, 2.05) is 0 Å². The molecule has 29 heavy (non-hydrogen) atoms. The average Bonchev–Trinajstić information content (AvgIpc) is 3.20. The summed E-state index contributed by atoms with van der Waals surface area (Å²) < 4.78 is 10.2. The van der Waals surface area contributed by atoms with E-state index < -0.39 is 23.5 Å². The van der Waals surface area contributed by atoms with E-state index in [2.05, 4.69) is 20.6 Å². The van der Waals surface area contributed by atoms with Crippen LogP contribution in [0.2, 0.25) is 0 Å². The lowest BCUT2D eigenvalue weighted by Crippen LogP contribution is -2.24. The molecular formula is C19H12N4O6. The number of H-pyrrole nitrogens is 1. The van der Waals surface area contributed by atoms with Crippen molar-refractivity contribution in [3.63, 3.8) is 0 Å². The van der Waals surface area contributed by atoms with Crippen LogP contribution in [0.15, 0.2) is 30.3 Å². The van der Waals surface area contributed by atoms with Gasteiger partial charge in [0.15, 0.2) is 11.6 Å². The van der Waals surface area contributed by atoms with Gasteiger partial charge in [0.2, 0.25) is 5.82 Å². The fourth-order valence-corrected chi connectivity index (χ4v) is 3.12. The molecule has 0 saturated carbocycles. The number of hydrogen-bond acceptors (Lipinski definition) is 9. The molecular weight excluding hydrogens is 380 g/mol. The molecule has 0 unspecified atom stereocenters. The molecule has 1 N–H and O–H groups in total. The molecule has 1 aromatic heterocycles. The van der Waals surface area contributed by atoms with E-state index in [1.54, 1.807) is 6.07 Å². The number of aromatic nitrogens is 4. The van der Waals surface area contributed by atoms with Crippen molar-refractivity contribution in [2.75, 3.05) is 0 Å². The Hall–Kier alpha value is -4.21. The summed E-state index contributed by atoms with van der Waals surface area (Å²) in [7, 11) is 0. The van der Waals surface area contributed by atoms with Gasteiger partial charge in [-0.25, -0.2) is 0 Å². The van der Waals surface area contributed by atoms with E-state index in [-0.39, 0.29) is 39.6 Å². The SMILES string of the molecule is CC(=O)Oc1ccc(OC(C)=O)c2c1C(=O)c1ccc(-c3nn[nH]n3)cc1C2=O. The lowest BCUT2D eigenvalue weighted by molar-refractivity contribution is -0.133. The molecule has 1 aliphatic carbocycles. The van der Waals surface area contributed by atoms with Crippen molar-refractivity contribution in [1.82, 2.24) is 20.6 Å². The van der Waals surface area contributed by atoms with Crippen LogP contribution in [0.1, 0.15) is 45.7 Å². The van der Waals surface area contributed by atoms with Crippen molar-refractivity contribution in [2.24, 2.45) is 0 Å². The molecule has 0 saturated heterocycles. The number of rotatable bonds is 3. The predicted molar refractivity (Wildman–Crippen MR) is 95.5 cm³/mol. The molecule has 0 atom stereocenters. The quantitative estimate of drug-likeness (QED) is 0.405. The number of esters is 2. The Balaban J connectivity index is 1.94. The molecule has 1 heterocycles. The molecule has 2 aromatic carbocycles. The number of fused-ring (bicyclic) bond motifs is 2. The molecule has 1 aliphatic rings. The number of aromatic amines is 1. The van der Waals surface area contributed by atoms with Crippen LogP contribution in [0.4, 0.5) is 0 Å². The summed E-state index contributed by atoms with van der Waals surface area (Å²) in [6.45, 7) is 2.34. The van der Waals surface area contributed by atoms with Crippen molar-refractivity contribution >= 4 is 23.5 Å². The minimum Gasteiger partial charge on any atom is -0.426 e. The summed E-state index contributed by atoms with van der Waals surface area (Å²) in [4.78, 5) is 49.3. The first-order chi connectivity index (χ1) is 13.9. The zero-order chi connectivity index (χ0) is 20.7. The van der Waals surface area contributed by atoms with Gasteiger partial charge >= 0.3 is 11.9 Å². The largest absolute Gasteiger partial charge is 0.426 e. The van der Waals surface area contributed by atoms with Gasteiger partial charge in [-0.15, -0.1) is 10.2 Å². The van der Waals surface area contributed by atoms with Crippen LogP contribution >= 0.6 is 0 Å². The first-order valence-corrected chi connectivity index (χ1v) is 8.38. The Morgan fingerprint density at radius 3 is 1.97 bits per heavy atom. The molecule has 0 fully saturated rings. The standard InChI is InChI=1S/C19H12N4O6/c1-8(24)28-13-5-6-14(29-9(2)25)16-15(13)17(26)11-4-3-10(7-12(11)18(16)27)19-20-22-23-21-19/h3-7H,1-2H3,(H,20,21,22,23). The highest BCUT2D eigenvalue weighted by Gasteiger charge is 2.36. The zero-order valence-electron chi connectivity index (χ0n) is 15.2. The highest BCUT2D eigenvalue weighted by molar-refractivity contribution is 6.30. The van der Waals surface area contributed by atoms with Crippen molar-refractivity contribution in [3.05, 3.63) is 52.6 Å². The van der Waals surface area contributed by atoms with E-state index in [9.17, 15) is 19.2 Å². The maximum atomic E-state index is 13.3. The van der Waals surface area contributed by atoms with Gasteiger partial charge in [-0.3, -0.25) is 19.2 Å². The molecule has 10 heteroatoms. The van der Waals surface area contributed by atoms with E-state index in [0.29, 0.717) is 5.56 Å². The van der Waals surface area contributed by atoms with Crippen molar-refractivity contribution in [3.8, 4) is 22.9 Å². The second-order valence-corrected chi connectivity index (χ2v) is 6.15. The Labute approximate surface area is 162 Å². The predicted octanol–water partition coefficient (Wildman–Crippen LogP) is 1.49. The van der Waals surface area contributed by atoms with Gasteiger partial charge in [0, 0.05) is 30.5 Å². The third-order valence-corrected chi connectivity index (χ3v) is 4.20. The lowest BCUT2D eigenvalue weighted by atomic mass is 9.82. The summed E-state index contributed by atoms with van der Waals surface area (Å²) in [5.74, 6) is -2.38. The van der Waals surface area contributed by atoms with Crippen LogP contribution in [-0.4, -0.2) is 44.1 Å². The summed E-state index contributed by atoms with van der Waals surface area (Å²) in [6, 6.07) is 7.10. The molecule has 4 rings (SSSR count). The number of hydrogen-bond donors (Lipinski definition) is 1. The van der Waals surface area contributed by atoms with Gasteiger partial charge < -0.3 is 9.47 Å². The Bertz CT molecular complexity index is 1200. The molecule has 10 nitrogen and oxygen atoms in total. The van der Waals surface area contributed by atoms with Crippen LogP contribution in [0, 0.1) is 0 Å². The van der Waals surface area contributed by atoms with Crippen molar-refractivity contribution in [2.45, 2.75) is 13.8 Å². The lowest BCUT2D eigenvalue weighted by Gasteiger charge is -2.22. The topological polar surface area (TPSA) is 141 Å². The smallest absolute Gasteiger partial charge is 0.308 e. The van der Waals surface area contributed by atoms with Crippen LogP contribution in [0.3, 0.4) is 0 Å². The van der Waals surface area contributed by atoms with E-state index in [0.717, 1.165) is 0 Å². The Kier molecular flexibility index (Phi) is 4.23. The normalized spacial score (nSPS) is 12.2. The molecule has 3 aromatic rings. The summed E-state index contributed by atoms with van der Waals surface area (Å²) in [5, 5.41) is 13.5. The van der Waals surface area contributed by atoms with Crippen LogP contribution < -0.4 is 9.47 Å². The van der Waals surface area contributed by atoms with Gasteiger partial charge in [0.1, 0.15) is 11.5 Å². The number of nitrogens with one attached hydrogen (secondary N) is 1. The van der Waals surface area contributed by atoms with Crippen LogP contribution in [0.5, 0.6) is 11.5 Å². The summed E-state index contributed by atoms with van der Waals surface area (Å²) in [5.41, 5.74) is 0.374. The molecule has 0 aliphatic heterocycles. The van der Waals surface area contributed by atoms with Crippen molar-refractivity contribution in [1.29, 1.82) is 0 Å². The highest BCUT2D eigenvalue weighted by Crippen LogP contribution is 2.39. The fourth-order valence-electron chi connectivity index (χ4n) is 3.12. The second-order valence-electron chi connectivity index (χ2n) is 6.15. The monoisotopic (exact) mass is 392 g/mol. The Morgan fingerprint density at radius 1 is 0.862 bits per heavy atom. The molecule has 0 radical (unpaired) electrons. The first kappa shape index (κ1) is 18.2. The third-order valence-electron chi connectivity index (χ3n) is 4.20. The van der Waals surface area contributed by atoms with Gasteiger partial charge in [0.05, 0.1) is 11.1 Å².